The zero-order valence-corrected chi connectivity index (χ0v) is 12.2. The van der Waals surface area contributed by atoms with Gasteiger partial charge in [0.1, 0.15) is 0 Å². The Morgan fingerprint density at radius 2 is 2.00 bits per heavy atom. The lowest BCUT2D eigenvalue weighted by Crippen LogP contribution is -2.34. The third kappa shape index (κ3) is 5.80. The van der Waals surface area contributed by atoms with Gasteiger partial charge < -0.3 is 11.1 Å². The van der Waals surface area contributed by atoms with Gasteiger partial charge in [0.2, 0.25) is 5.91 Å². The molecule has 0 aromatic rings. The van der Waals surface area contributed by atoms with Gasteiger partial charge in [-0.05, 0) is 31.6 Å². The lowest BCUT2D eigenvalue weighted by Gasteiger charge is -2.27. The number of carbonyl (C=O) groups is 1. The largest absolute Gasteiger partial charge is 0.393 e. The third-order valence-corrected chi connectivity index (χ3v) is 4.06. The number of hydrogen-bond acceptors (Lipinski definition) is 2. The summed E-state index contributed by atoms with van der Waals surface area (Å²) in [6.07, 6.45) is 9.08. The second kappa shape index (κ2) is 8.46. The molecule has 0 unspecified atom stereocenters. The number of unbranched alkanes of at least 4 members (excludes halogenated alkanes) is 1. The Hall–Kier alpha value is -0.640. The summed E-state index contributed by atoms with van der Waals surface area (Å²) in [7, 11) is 0. The Bertz CT molecular complexity index is 273. The molecule has 1 rings (SSSR count). The average Bonchev–Trinajstić information content (AvgIpc) is 2.36. The fourth-order valence-electron chi connectivity index (χ4n) is 2.66. The van der Waals surface area contributed by atoms with E-state index in [1.54, 1.807) is 0 Å². The maximum atomic E-state index is 11.9. The first-order chi connectivity index (χ1) is 8.63. The van der Waals surface area contributed by atoms with Gasteiger partial charge in [-0.3, -0.25) is 4.79 Å². The van der Waals surface area contributed by atoms with Crippen LogP contribution in [0, 0.1) is 11.8 Å². The Kier molecular flexibility index (Phi) is 7.25. The normalized spacial score (nSPS) is 23.6. The van der Waals surface area contributed by atoms with Crippen molar-refractivity contribution < 1.29 is 4.79 Å². The summed E-state index contributed by atoms with van der Waals surface area (Å²) in [6.45, 7) is 2.82. The topological polar surface area (TPSA) is 55.1 Å². The molecule has 0 saturated heterocycles. The van der Waals surface area contributed by atoms with Crippen molar-refractivity contribution in [2.75, 3.05) is 6.54 Å². The van der Waals surface area contributed by atoms with E-state index in [0.717, 1.165) is 18.8 Å². The average molecular weight is 270 g/mol. The zero-order valence-electron chi connectivity index (χ0n) is 11.4. The van der Waals surface area contributed by atoms with Gasteiger partial charge in [-0.1, -0.05) is 38.4 Å². The van der Waals surface area contributed by atoms with Gasteiger partial charge in [-0.15, -0.1) is 0 Å². The van der Waals surface area contributed by atoms with Crippen molar-refractivity contribution in [3.8, 4) is 0 Å². The van der Waals surface area contributed by atoms with Crippen molar-refractivity contribution >= 4 is 23.1 Å². The molecular weight excluding hydrogens is 244 g/mol. The maximum absolute atomic E-state index is 11.9. The molecular formula is C14H26N2OS. The molecule has 0 aromatic heterocycles. The highest BCUT2D eigenvalue weighted by Gasteiger charge is 2.25. The first-order valence-electron chi connectivity index (χ1n) is 7.19. The van der Waals surface area contributed by atoms with Crippen LogP contribution in [0.4, 0.5) is 0 Å². The van der Waals surface area contributed by atoms with E-state index in [-0.39, 0.29) is 11.8 Å². The Labute approximate surface area is 116 Å². The molecule has 3 nitrogen and oxygen atoms in total. The lowest BCUT2D eigenvalue weighted by molar-refractivity contribution is -0.126. The van der Waals surface area contributed by atoms with E-state index in [9.17, 15) is 4.79 Å². The van der Waals surface area contributed by atoms with E-state index < -0.39 is 0 Å². The number of amides is 1. The van der Waals surface area contributed by atoms with Crippen molar-refractivity contribution in [2.24, 2.45) is 17.6 Å². The lowest BCUT2D eigenvalue weighted by atomic mass is 9.79. The van der Waals surface area contributed by atoms with Crippen molar-refractivity contribution in [1.82, 2.24) is 5.32 Å². The summed E-state index contributed by atoms with van der Waals surface area (Å²) < 4.78 is 0. The smallest absolute Gasteiger partial charge is 0.223 e. The first-order valence-corrected chi connectivity index (χ1v) is 7.60. The molecule has 1 amide bonds. The Balaban J connectivity index is 2.17. The van der Waals surface area contributed by atoms with Crippen molar-refractivity contribution in [3.05, 3.63) is 0 Å². The predicted octanol–water partition coefficient (Wildman–Crippen LogP) is 2.78. The van der Waals surface area contributed by atoms with E-state index >= 15 is 0 Å². The molecule has 18 heavy (non-hydrogen) atoms. The number of nitrogens with one attached hydrogen (secondary N) is 1. The molecule has 1 saturated carbocycles. The summed E-state index contributed by atoms with van der Waals surface area (Å²) in [5.74, 6) is 1.26. The van der Waals surface area contributed by atoms with Crippen LogP contribution < -0.4 is 11.1 Å². The number of hydrogen-bond donors (Lipinski definition) is 2. The SMILES string of the molecule is CCCCC1CCC(C(=O)NCCC(N)=S)CC1. The van der Waals surface area contributed by atoms with Crippen LogP contribution in [0.5, 0.6) is 0 Å². The molecule has 0 spiro atoms. The van der Waals surface area contributed by atoms with Crippen LogP contribution in [0.15, 0.2) is 0 Å². The second-order valence-electron chi connectivity index (χ2n) is 5.37. The fraction of sp³-hybridized carbons (Fsp3) is 0.857. The quantitative estimate of drug-likeness (QED) is 0.699. The number of rotatable bonds is 7. The molecule has 1 aliphatic rings. The summed E-state index contributed by atoms with van der Waals surface area (Å²) in [6, 6.07) is 0. The van der Waals surface area contributed by atoms with Gasteiger partial charge in [-0.25, -0.2) is 0 Å². The summed E-state index contributed by atoms with van der Waals surface area (Å²) in [5.41, 5.74) is 5.40. The Morgan fingerprint density at radius 1 is 1.33 bits per heavy atom. The van der Waals surface area contributed by atoms with Crippen LogP contribution in [0.1, 0.15) is 58.3 Å². The van der Waals surface area contributed by atoms with Crippen LogP contribution in [0.2, 0.25) is 0 Å². The summed E-state index contributed by atoms with van der Waals surface area (Å²) >= 11 is 4.79. The van der Waals surface area contributed by atoms with E-state index in [0.29, 0.717) is 18.0 Å². The van der Waals surface area contributed by atoms with Gasteiger partial charge >= 0.3 is 0 Å². The van der Waals surface area contributed by atoms with E-state index in [1.807, 2.05) is 0 Å². The molecule has 3 N–H and O–H groups in total. The molecule has 4 heteroatoms. The minimum absolute atomic E-state index is 0.195. The van der Waals surface area contributed by atoms with Gasteiger partial charge in [0.05, 0.1) is 4.99 Å². The van der Waals surface area contributed by atoms with Crippen LogP contribution in [0.3, 0.4) is 0 Å². The third-order valence-electron chi connectivity index (χ3n) is 3.85. The molecule has 0 atom stereocenters. The molecule has 0 aromatic carbocycles. The highest BCUT2D eigenvalue weighted by atomic mass is 32.1. The van der Waals surface area contributed by atoms with Gasteiger partial charge in [0.25, 0.3) is 0 Å². The van der Waals surface area contributed by atoms with Crippen molar-refractivity contribution in [2.45, 2.75) is 58.3 Å². The van der Waals surface area contributed by atoms with E-state index in [1.165, 1.54) is 32.1 Å². The highest BCUT2D eigenvalue weighted by molar-refractivity contribution is 7.80. The number of thiocarbonyl (C=S) groups is 1. The van der Waals surface area contributed by atoms with Gasteiger partial charge in [-0.2, -0.15) is 0 Å². The van der Waals surface area contributed by atoms with Gasteiger partial charge in [0, 0.05) is 18.9 Å². The second-order valence-corrected chi connectivity index (χ2v) is 5.89. The molecule has 0 radical (unpaired) electrons. The first kappa shape index (κ1) is 15.4. The highest BCUT2D eigenvalue weighted by Crippen LogP contribution is 2.31. The number of carbonyl (C=O) groups excluding carboxylic acids is 1. The summed E-state index contributed by atoms with van der Waals surface area (Å²) in [5, 5.41) is 2.94. The van der Waals surface area contributed by atoms with Crippen LogP contribution in [-0.2, 0) is 4.79 Å². The zero-order chi connectivity index (χ0) is 13.4. The molecule has 0 aliphatic heterocycles. The number of nitrogens with two attached hydrogens (primary N) is 1. The van der Waals surface area contributed by atoms with Crippen LogP contribution >= 0.6 is 12.2 Å². The maximum Gasteiger partial charge on any atom is 0.223 e. The molecule has 1 fully saturated rings. The molecule has 1 aliphatic carbocycles. The summed E-state index contributed by atoms with van der Waals surface area (Å²) in [4.78, 5) is 12.4. The standard InChI is InChI=1S/C14H26N2OS/c1-2-3-4-11-5-7-12(8-6-11)14(17)16-10-9-13(15)18/h11-12H,2-10H2,1H3,(H2,15,18)(H,16,17). The van der Waals surface area contributed by atoms with Crippen LogP contribution in [0.25, 0.3) is 0 Å². The molecule has 0 bridgehead atoms. The minimum Gasteiger partial charge on any atom is -0.393 e. The molecule has 104 valence electrons. The van der Waals surface area contributed by atoms with E-state index in [2.05, 4.69) is 12.2 Å². The van der Waals surface area contributed by atoms with Crippen LogP contribution in [-0.4, -0.2) is 17.4 Å². The van der Waals surface area contributed by atoms with Crippen molar-refractivity contribution in [3.63, 3.8) is 0 Å². The minimum atomic E-state index is 0.195. The van der Waals surface area contributed by atoms with Gasteiger partial charge in [0.15, 0.2) is 0 Å². The Morgan fingerprint density at radius 3 is 2.56 bits per heavy atom. The monoisotopic (exact) mass is 270 g/mol. The fourth-order valence-corrected chi connectivity index (χ4v) is 2.76. The predicted molar refractivity (Wildman–Crippen MR) is 79.4 cm³/mol. The van der Waals surface area contributed by atoms with Crippen molar-refractivity contribution in [1.29, 1.82) is 0 Å². The molecule has 0 heterocycles. The van der Waals surface area contributed by atoms with E-state index in [4.69, 9.17) is 18.0 Å².